The molecule has 19 heavy (non-hydrogen) atoms. The molecule has 0 nitrogen and oxygen atoms in total. The van der Waals surface area contributed by atoms with Crippen LogP contribution in [0, 0.1) is 6.92 Å². The van der Waals surface area contributed by atoms with Crippen molar-refractivity contribution in [3.05, 3.63) is 90.5 Å². The Bertz CT molecular complexity index is 434. The van der Waals surface area contributed by atoms with Crippen LogP contribution >= 0.6 is 0 Å². The summed E-state index contributed by atoms with van der Waals surface area (Å²) in [6, 6.07) is 20.3. The van der Waals surface area contributed by atoms with Gasteiger partial charge in [0.1, 0.15) is 0 Å². The van der Waals surface area contributed by atoms with Crippen molar-refractivity contribution in [3.63, 3.8) is 0 Å². The van der Waals surface area contributed by atoms with Gasteiger partial charge in [0.15, 0.2) is 0 Å². The van der Waals surface area contributed by atoms with E-state index < -0.39 is 0 Å². The molecule has 0 heterocycles. The summed E-state index contributed by atoms with van der Waals surface area (Å²) >= 11 is 0. The van der Waals surface area contributed by atoms with Gasteiger partial charge in [-0.3, -0.25) is 0 Å². The SMILES string of the molecule is C=Cc1ccccc1.CC=CC.Cc1ccccc1. The predicted octanol–water partition coefficient (Wildman–Crippen LogP) is 5.91. The van der Waals surface area contributed by atoms with Gasteiger partial charge in [-0.25, -0.2) is 0 Å². The van der Waals surface area contributed by atoms with Gasteiger partial charge in [-0.1, -0.05) is 91.0 Å². The minimum atomic E-state index is 1.17. The monoisotopic (exact) mass is 252 g/mol. The molecular formula is C19H24. The van der Waals surface area contributed by atoms with Crippen molar-refractivity contribution in [2.45, 2.75) is 20.8 Å². The van der Waals surface area contributed by atoms with Crippen LogP contribution in [0.2, 0.25) is 0 Å². The van der Waals surface area contributed by atoms with Crippen molar-refractivity contribution in [2.75, 3.05) is 0 Å². The van der Waals surface area contributed by atoms with Crippen molar-refractivity contribution >= 4 is 6.08 Å². The standard InChI is InChI=1S/C8H8.C7H8.C4H8/c1-2-8-6-4-3-5-7-8;1-7-5-3-2-4-6-7;1-3-4-2/h2-7H,1H2;2-6H,1H3;3-4H,1-2H3. The second-order valence-corrected chi connectivity index (χ2v) is 3.94. The van der Waals surface area contributed by atoms with E-state index in [1.54, 1.807) is 0 Å². The Labute approximate surface area is 118 Å². The summed E-state index contributed by atoms with van der Waals surface area (Å²) in [6.07, 6.45) is 5.83. The lowest BCUT2D eigenvalue weighted by molar-refractivity contribution is 1.48. The molecule has 0 heteroatoms. The molecule has 0 saturated heterocycles. The minimum absolute atomic E-state index is 1.17. The van der Waals surface area contributed by atoms with Crippen LogP contribution in [0.25, 0.3) is 6.08 Å². The minimum Gasteiger partial charge on any atom is -0.0985 e. The molecule has 0 spiro atoms. The fourth-order valence-electron chi connectivity index (χ4n) is 1.12. The first-order valence-electron chi connectivity index (χ1n) is 6.51. The Morgan fingerprint density at radius 3 is 1.37 bits per heavy atom. The summed E-state index contributed by atoms with van der Waals surface area (Å²) in [5.41, 5.74) is 2.50. The predicted molar refractivity (Wildman–Crippen MR) is 88.2 cm³/mol. The molecule has 0 unspecified atom stereocenters. The average molecular weight is 252 g/mol. The average Bonchev–Trinajstić information content (AvgIpc) is 2.50. The second kappa shape index (κ2) is 12.4. The van der Waals surface area contributed by atoms with Crippen LogP contribution in [0.4, 0.5) is 0 Å². The maximum atomic E-state index is 3.63. The summed E-state index contributed by atoms with van der Waals surface area (Å²) in [5, 5.41) is 0. The first-order valence-corrected chi connectivity index (χ1v) is 6.51. The van der Waals surface area contributed by atoms with Crippen molar-refractivity contribution in [3.8, 4) is 0 Å². The number of rotatable bonds is 1. The molecule has 0 bridgehead atoms. The second-order valence-electron chi connectivity index (χ2n) is 3.94. The van der Waals surface area contributed by atoms with E-state index in [1.165, 1.54) is 11.1 Å². The van der Waals surface area contributed by atoms with Gasteiger partial charge in [0.05, 0.1) is 0 Å². The number of allylic oxidation sites excluding steroid dienone is 2. The van der Waals surface area contributed by atoms with E-state index in [0.717, 1.165) is 0 Å². The molecule has 0 radical (unpaired) electrons. The van der Waals surface area contributed by atoms with E-state index in [-0.39, 0.29) is 0 Å². The third-order valence-electron chi connectivity index (χ3n) is 2.31. The molecule has 0 amide bonds. The van der Waals surface area contributed by atoms with Crippen LogP contribution in [0.3, 0.4) is 0 Å². The fourth-order valence-corrected chi connectivity index (χ4v) is 1.12. The van der Waals surface area contributed by atoms with Crippen LogP contribution < -0.4 is 0 Å². The Morgan fingerprint density at radius 1 is 0.737 bits per heavy atom. The van der Waals surface area contributed by atoms with E-state index in [4.69, 9.17) is 0 Å². The van der Waals surface area contributed by atoms with Gasteiger partial charge in [-0.05, 0) is 26.3 Å². The van der Waals surface area contributed by atoms with Gasteiger partial charge >= 0.3 is 0 Å². The summed E-state index contributed by atoms with van der Waals surface area (Å²) in [7, 11) is 0. The van der Waals surface area contributed by atoms with Crippen LogP contribution in [0.1, 0.15) is 25.0 Å². The molecule has 2 rings (SSSR count). The summed E-state index contributed by atoms with van der Waals surface area (Å²) in [4.78, 5) is 0. The molecule has 0 aliphatic heterocycles. The lowest BCUT2D eigenvalue weighted by Crippen LogP contribution is -1.63. The van der Waals surface area contributed by atoms with Gasteiger partial charge in [-0.15, -0.1) is 0 Å². The maximum Gasteiger partial charge on any atom is -0.0263 e. The van der Waals surface area contributed by atoms with Crippen molar-refractivity contribution in [1.82, 2.24) is 0 Å². The van der Waals surface area contributed by atoms with Crippen molar-refractivity contribution < 1.29 is 0 Å². The largest absolute Gasteiger partial charge is 0.0985 e. The van der Waals surface area contributed by atoms with E-state index in [1.807, 2.05) is 80.6 Å². The molecule has 0 aliphatic rings. The van der Waals surface area contributed by atoms with E-state index >= 15 is 0 Å². The van der Waals surface area contributed by atoms with Crippen LogP contribution in [0.15, 0.2) is 79.4 Å². The van der Waals surface area contributed by atoms with Gasteiger partial charge in [-0.2, -0.15) is 0 Å². The number of hydrogen-bond donors (Lipinski definition) is 0. The van der Waals surface area contributed by atoms with E-state index in [9.17, 15) is 0 Å². The number of hydrogen-bond acceptors (Lipinski definition) is 0. The van der Waals surface area contributed by atoms with Crippen molar-refractivity contribution in [1.29, 1.82) is 0 Å². The molecule has 0 atom stereocenters. The fraction of sp³-hybridized carbons (Fsp3) is 0.158. The summed E-state index contributed by atoms with van der Waals surface area (Å²) < 4.78 is 0. The smallest absolute Gasteiger partial charge is 0.0263 e. The normalized spacial score (nSPS) is 8.79. The van der Waals surface area contributed by atoms with Gasteiger partial charge in [0.2, 0.25) is 0 Å². The Hall–Kier alpha value is -2.08. The Balaban J connectivity index is 0.000000272. The molecule has 0 saturated carbocycles. The van der Waals surface area contributed by atoms with E-state index in [2.05, 4.69) is 25.6 Å². The number of aryl methyl sites for hydroxylation is 1. The molecule has 0 aliphatic carbocycles. The first-order chi connectivity index (χ1) is 9.24. The Morgan fingerprint density at radius 2 is 1.16 bits per heavy atom. The molecule has 2 aromatic carbocycles. The first kappa shape index (κ1) is 16.9. The van der Waals surface area contributed by atoms with Crippen molar-refractivity contribution in [2.24, 2.45) is 0 Å². The van der Waals surface area contributed by atoms with Gasteiger partial charge in [0, 0.05) is 0 Å². The van der Waals surface area contributed by atoms with Crippen LogP contribution in [-0.2, 0) is 0 Å². The van der Waals surface area contributed by atoms with E-state index in [0.29, 0.717) is 0 Å². The zero-order valence-corrected chi connectivity index (χ0v) is 12.2. The van der Waals surface area contributed by atoms with Crippen LogP contribution in [-0.4, -0.2) is 0 Å². The maximum absolute atomic E-state index is 3.63. The Kier molecular flexibility index (Phi) is 11.0. The highest BCUT2D eigenvalue weighted by atomic mass is 13.8. The third-order valence-corrected chi connectivity index (χ3v) is 2.31. The molecule has 2 aromatic rings. The number of benzene rings is 2. The molecule has 0 N–H and O–H groups in total. The van der Waals surface area contributed by atoms with Crippen LogP contribution in [0.5, 0.6) is 0 Å². The highest BCUT2D eigenvalue weighted by Crippen LogP contribution is 1.97. The van der Waals surface area contributed by atoms with Gasteiger partial charge < -0.3 is 0 Å². The topological polar surface area (TPSA) is 0 Å². The zero-order valence-electron chi connectivity index (χ0n) is 12.2. The van der Waals surface area contributed by atoms with Gasteiger partial charge in [0.25, 0.3) is 0 Å². The zero-order chi connectivity index (χ0) is 14.3. The third kappa shape index (κ3) is 10.8. The highest BCUT2D eigenvalue weighted by Gasteiger charge is 1.75. The molecule has 100 valence electrons. The summed E-state index contributed by atoms with van der Waals surface area (Å²) in [5.74, 6) is 0. The lowest BCUT2D eigenvalue weighted by atomic mass is 10.2. The summed E-state index contributed by atoms with van der Waals surface area (Å²) in [6.45, 7) is 9.71. The molecule has 0 aromatic heterocycles. The lowest BCUT2D eigenvalue weighted by Gasteiger charge is -1.85. The quantitative estimate of drug-likeness (QED) is 0.554. The molecular weight excluding hydrogens is 228 g/mol. The molecule has 0 fully saturated rings. The highest BCUT2D eigenvalue weighted by molar-refractivity contribution is 5.45.